The first-order chi connectivity index (χ1) is 8.43. The molecule has 0 radical (unpaired) electrons. The van der Waals surface area contributed by atoms with Crippen molar-refractivity contribution in [1.29, 1.82) is 0 Å². The van der Waals surface area contributed by atoms with Gasteiger partial charge in [-0.05, 0) is 13.0 Å². The van der Waals surface area contributed by atoms with Crippen LogP contribution in [0.15, 0.2) is 28.3 Å². The molecule has 0 amide bonds. The van der Waals surface area contributed by atoms with Crippen LogP contribution < -0.4 is 10.7 Å². The van der Waals surface area contributed by atoms with Gasteiger partial charge in [-0.3, -0.25) is 9.36 Å². The van der Waals surface area contributed by atoms with E-state index < -0.39 is 10.0 Å². The monoisotopic (exact) mass is 269 g/mol. The van der Waals surface area contributed by atoms with Gasteiger partial charge in [0.05, 0.1) is 0 Å². The van der Waals surface area contributed by atoms with E-state index >= 15 is 0 Å². The third-order valence-corrected chi connectivity index (χ3v) is 3.14. The van der Waals surface area contributed by atoms with Crippen LogP contribution in [-0.2, 0) is 16.6 Å². The van der Waals surface area contributed by atoms with Gasteiger partial charge in [0.15, 0.2) is 5.82 Å². The van der Waals surface area contributed by atoms with Crippen LogP contribution in [0.2, 0.25) is 0 Å². The van der Waals surface area contributed by atoms with Gasteiger partial charge in [0.25, 0.3) is 15.2 Å². The van der Waals surface area contributed by atoms with Crippen LogP contribution in [0.3, 0.4) is 0 Å². The van der Waals surface area contributed by atoms with Crippen molar-refractivity contribution in [2.45, 2.75) is 18.6 Å². The van der Waals surface area contributed by atoms with Crippen LogP contribution in [0.4, 0.5) is 0 Å². The number of nitrogens with one attached hydrogen (secondary N) is 1. The maximum atomic E-state index is 11.3. The first-order valence-electron chi connectivity index (χ1n) is 5.08. The average molecular weight is 269 g/mol. The Morgan fingerprint density at radius 1 is 1.39 bits per heavy atom. The molecule has 0 saturated heterocycles. The molecular weight excluding hydrogens is 258 g/mol. The third kappa shape index (κ3) is 2.17. The lowest BCUT2D eigenvalue weighted by molar-refractivity contribution is 0.571. The number of aromatic nitrogens is 4. The summed E-state index contributed by atoms with van der Waals surface area (Å²) < 4.78 is 24.0. The third-order valence-electron chi connectivity index (χ3n) is 2.33. The van der Waals surface area contributed by atoms with Gasteiger partial charge in [-0.25, -0.2) is 13.6 Å². The summed E-state index contributed by atoms with van der Waals surface area (Å²) in [6, 6.07) is 2.85. The second-order valence-electron chi connectivity index (χ2n) is 3.54. The smallest absolute Gasteiger partial charge is 0.273 e. The van der Waals surface area contributed by atoms with Gasteiger partial charge in [0, 0.05) is 24.4 Å². The minimum absolute atomic E-state index is 0.256. The molecule has 0 aromatic carbocycles. The van der Waals surface area contributed by atoms with E-state index in [1.807, 2.05) is 0 Å². The molecule has 0 aliphatic heterocycles. The van der Waals surface area contributed by atoms with Crippen molar-refractivity contribution in [3.8, 4) is 11.4 Å². The van der Waals surface area contributed by atoms with Crippen LogP contribution in [-0.4, -0.2) is 28.2 Å². The average Bonchev–Trinajstić information content (AvgIpc) is 2.73. The van der Waals surface area contributed by atoms with Crippen molar-refractivity contribution in [2.75, 3.05) is 0 Å². The molecule has 0 atom stereocenters. The first-order valence-corrected chi connectivity index (χ1v) is 6.63. The highest BCUT2D eigenvalue weighted by Gasteiger charge is 2.20. The van der Waals surface area contributed by atoms with Crippen molar-refractivity contribution in [3.05, 3.63) is 28.7 Å². The summed E-state index contributed by atoms with van der Waals surface area (Å²) in [5.41, 5.74) is 0.298. The lowest BCUT2D eigenvalue weighted by Gasteiger charge is -2.05. The largest absolute Gasteiger partial charge is 0.328 e. The van der Waals surface area contributed by atoms with Crippen LogP contribution in [0.25, 0.3) is 11.4 Å². The van der Waals surface area contributed by atoms with Gasteiger partial charge in [0.2, 0.25) is 5.56 Å². The summed E-state index contributed by atoms with van der Waals surface area (Å²) in [5, 5.41) is 12.1. The molecule has 2 aromatic heterocycles. The Morgan fingerprint density at radius 3 is 2.61 bits per heavy atom. The van der Waals surface area contributed by atoms with Crippen molar-refractivity contribution >= 4 is 10.0 Å². The van der Waals surface area contributed by atoms with Crippen molar-refractivity contribution < 1.29 is 8.42 Å². The number of nitrogens with zero attached hydrogens (tertiary/aromatic N) is 3. The zero-order valence-electron chi connectivity index (χ0n) is 9.49. The highest BCUT2D eigenvalue weighted by atomic mass is 32.2. The molecule has 2 heterocycles. The number of rotatable bonds is 3. The number of aromatic amines is 1. The minimum Gasteiger partial charge on any atom is -0.328 e. The van der Waals surface area contributed by atoms with E-state index in [9.17, 15) is 13.2 Å². The Balaban J connectivity index is 2.63. The Bertz CT molecular complexity index is 710. The van der Waals surface area contributed by atoms with E-state index in [1.165, 1.54) is 22.9 Å². The van der Waals surface area contributed by atoms with Gasteiger partial charge in [-0.2, -0.15) is 0 Å². The molecule has 0 bridgehead atoms. The number of pyridine rings is 1. The molecule has 8 nitrogen and oxygen atoms in total. The lowest BCUT2D eigenvalue weighted by atomic mass is 10.3. The van der Waals surface area contributed by atoms with E-state index in [0.717, 1.165) is 0 Å². The molecule has 2 rings (SSSR count). The predicted molar refractivity (Wildman–Crippen MR) is 63.1 cm³/mol. The van der Waals surface area contributed by atoms with Crippen molar-refractivity contribution in [1.82, 2.24) is 19.7 Å². The van der Waals surface area contributed by atoms with Crippen LogP contribution in [0.5, 0.6) is 0 Å². The highest BCUT2D eigenvalue weighted by Crippen LogP contribution is 2.17. The molecule has 3 N–H and O–H groups in total. The fourth-order valence-corrected chi connectivity index (χ4v) is 2.22. The normalized spacial score (nSPS) is 11.7. The van der Waals surface area contributed by atoms with Crippen molar-refractivity contribution in [2.24, 2.45) is 5.14 Å². The van der Waals surface area contributed by atoms with E-state index in [1.54, 1.807) is 6.92 Å². The quantitative estimate of drug-likeness (QED) is 0.762. The summed E-state index contributed by atoms with van der Waals surface area (Å²) >= 11 is 0. The van der Waals surface area contributed by atoms with Crippen LogP contribution >= 0.6 is 0 Å². The van der Waals surface area contributed by atoms with Gasteiger partial charge in [-0.1, -0.05) is 0 Å². The molecule has 9 heteroatoms. The fourth-order valence-electron chi connectivity index (χ4n) is 1.55. The standard InChI is InChI=1S/C9H11N5O3S/c1-2-14-8(6-3-4-7(15)11-5-6)12-13-9(14)18(10,16)17/h3-5H,2H2,1H3,(H,11,15)(H2,10,16,17). The summed E-state index contributed by atoms with van der Waals surface area (Å²) in [4.78, 5) is 13.4. The molecule has 18 heavy (non-hydrogen) atoms. The number of H-pyrrole nitrogens is 1. The first kappa shape index (κ1) is 12.5. The molecule has 96 valence electrons. The topological polar surface area (TPSA) is 124 Å². The SMILES string of the molecule is CCn1c(-c2ccc(=O)[nH]c2)nnc1S(N)(=O)=O. The highest BCUT2D eigenvalue weighted by molar-refractivity contribution is 7.89. The maximum Gasteiger partial charge on any atom is 0.273 e. The molecule has 0 aliphatic rings. The molecule has 2 aromatic rings. The molecule has 0 aliphatic carbocycles. The predicted octanol–water partition coefficient (Wildman–Crippen LogP) is -0.699. The molecule has 0 fully saturated rings. The zero-order chi connectivity index (χ0) is 13.3. The van der Waals surface area contributed by atoms with E-state index in [2.05, 4.69) is 15.2 Å². The molecular formula is C9H11N5O3S. The Morgan fingerprint density at radius 2 is 2.11 bits per heavy atom. The summed E-state index contributed by atoms with van der Waals surface area (Å²) in [5.74, 6) is 0.331. The van der Waals surface area contributed by atoms with Gasteiger partial charge in [-0.15, -0.1) is 10.2 Å². The van der Waals surface area contributed by atoms with E-state index in [4.69, 9.17) is 5.14 Å². The Hall–Kier alpha value is -2.00. The number of nitrogens with two attached hydrogens (primary N) is 1. The fraction of sp³-hybridized carbons (Fsp3) is 0.222. The second kappa shape index (κ2) is 4.35. The lowest BCUT2D eigenvalue weighted by Crippen LogP contribution is -2.18. The molecule has 0 spiro atoms. The molecule has 0 unspecified atom stereocenters. The van der Waals surface area contributed by atoms with Gasteiger partial charge in [0.1, 0.15) is 0 Å². The van der Waals surface area contributed by atoms with E-state index in [-0.39, 0.29) is 10.7 Å². The summed E-state index contributed by atoms with van der Waals surface area (Å²) in [7, 11) is -3.92. The minimum atomic E-state index is -3.92. The zero-order valence-corrected chi connectivity index (χ0v) is 10.3. The summed E-state index contributed by atoms with van der Waals surface area (Å²) in [6.45, 7) is 2.08. The van der Waals surface area contributed by atoms with Crippen molar-refractivity contribution in [3.63, 3.8) is 0 Å². The maximum absolute atomic E-state index is 11.3. The van der Waals surface area contributed by atoms with Gasteiger partial charge >= 0.3 is 0 Å². The van der Waals surface area contributed by atoms with Gasteiger partial charge < -0.3 is 4.98 Å². The van der Waals surface area contributed by atoms with E-state index in [0.29, 0.717) is 17.9 Å². The Kier molecular flexibility index (Phi) is 3.01. The Labute approximate surface area is 103 Å². The molecule has 0 saturated carbocycles. The number of sulfonamides is 1. The summed E-state index contributed by atoms with van der Waals surface area (Å²) in [6.07, 6.45) is 1.44. The number of hydrogen-bond donors (Lipinski definition) is 2. The second-order valence-corrected chi connectivity index (χ2v) is 4.99. The number of primary sulfonamides is 1. The van der Waals surface area contributed by atoms with Crippen LogP contribution in [0, 0.1) is 0 Å². The van der Waals surface area contributed by atoms with Crippen LogP contribution in [0.1, 0.15) is 6.92 Å². The number of hydrogen-bond acceptors (Lipinski definition) is 5.